The van der Waals surface area contributed by atoms with Gasteiger partial charge < -0.3 is 5.32 Å². The molecule has 2 heteroatoms. The van der Waals surface area contributed by atoms with Crippen LogP contribution in [0.2, 0.25) is 0 Å². The molecular weight excluding hydrogens is 196 g/mol. The SMILES string of the molecule is C#CCN(CC(C)CNC(C)C)CC1CC1. The van der Waals surface area contributed by atoms with Gasteiger partial charge in [-0.3, -0.25) is 4.90 Å². The van der Waals surface area contributed by atoms with E-state index < -0.39 is 0 Å². The standard InChI is InChI=1S/C14H26N2/c1-5-8-16(11-14-6-7-14)10-13(4)9-15-12(2)3/h1,12-15H,6-11H2,2-4H3. The average Bonchev–Trinajstić information content (AvgIpc) is 2.99. The molecule has 0 radical (unpaired) electrons. The van der Waals surface area contributed by atoms with Crippen molar-refractivity contribution in [2.24, 2.45) is 11.8 Å². The van der Waals surface area contributed by atoms with Crippen molar-refractivity contribution >= 4 is 0 Å². The van der Waals surface area contributed by atoms with Crippen LogP contribution in [0.3, 0.4) is 0 Å². The molecule has 1 aliphatic carbocycles. The smallest absolute Gasteiger partial charge is 0.0599 e. The number of nitrogens with zero attached hydrogens (tertiary/aromatic N) is 1. The molecule has 1 aliphatic rings. The first kappa shape index (κ1) is 13.5. The van der Waals surface area contributed by atoms with Crippen LogP contribution in [0.25, 0.3) is 0 Å². The highest BCUT2D eigenvalue weighted by molar-refractivity contribution is 4.90. The normalized spacial score (nSPS) is 17.8. The van der Waals surface area contributed by atoms with Crippen molar-refractivity contribution in [2.45, 2.75) is 39.7 Å². The molecule has 1 atom stereocenters. The quantitative estimate of drug-likeness (QED) is 0.632. The third-order valence-corrected chi connectivity index (χ3v) is 2.97. The van der Waals surface area contributed by atoms with Crippen LogP contribution in [0.5, 0.6) is 0 Å². The molecule has 0 aliphatic heterocycles. The highest BCUT2D eigenvalue weighted by Gasteiger charge is 2.24. The Labute approximate surface area is 101 Å². The molecule has 92 valence electrons. The van der Waals surface area contributed by atoms with Crippen LogP contribution >= 0.6 is 0 Å². The lowest BCUT2D eigenvalue weighted by atomic mass is 10.1. The number of nitrogens with one attached hydrogen (secondary N) is 1. The van der Waals surface area contributed by atoms with E-state index in [1.165, 1.54) is 19.4 Å². The van der Waals surface area contributed by atoms with Crippen molar-refractivity contribution in [3.05, 3.63) is 0 Å². The third kappa shape index (κ3) is 6.15. The predicted octanol–water partition coefficient (Wildman–Crippen LogP) is 1.97. The minimum absolute atomic E-state index is 0.576. The maximum Gasteiger partial charge on any atom is 0.0599 e. The van der Waals surface area contributed by atoms with Gasteiger partial charge in [0.2, 0.25) is 0 Å². The maximum atomic E-state index is 5.42. The number of terminal acetylenes is 1. The van der Waals surface area contributed by atoms with Gasteiger partial charge in [-0.25, -0.2) is 0 Å². The van der Waals surface area contributed by atoms with Gasteiger partial charge in [0, 0.05) is 19.1 Å². The summed E-state index contributed by atoms with van der Waals surface area (Å²) in [5, 5.41) is 3.48. The zero-order valence-electron chi connectivity index (χ0n) is 11.0. The van der Waals surface area contributed by atoms with Crippen LogP contribution < -0.4 is 5.32 Å². The Hall–Kier alpha value is -0.520. The first-order chi connectivity index (χ1) is 7.61. The minimum atomic E-state index is 0.576. The van der Waals surface area contributed by atoms with Crippen molar-refractivity contribution in [1.82, 2.24) is 10.2 Å². The first-order valence-electron chi connectivity index (χ1n) is 6.51. The fourth-order valence-corrected chi connectivity index (χ4v) is 1.94. The Bertz CT molecular complexity index is 225. The molecule has 1 saturated carbocycles. The zero-order chi connectivity index (χ0) is 12.0. The Morgan fingerprint density at radius 1 is 1.38 bits per heavy atom. The molecule has 0 spiro atoms. The summed E-state index contributed by atoms with van der Waals surface area (Å²) in [4.78, 5) is 2.43. The van der Waals surface area contributed by atoms with Gasteiger partial charge in [0.05, 0.1) is 6.54 Å². The van der Waals surface area contributed by atoms with Gasteiger partial charge in [-0.05, 0) is 31.2 Å². The lowest BCUT2D eigenvalue weighted by molar-refractivity contribution is 0.249. The van der Waals surface area contributed by atoms with Crippen LogP contribution in [-0.4, -0.2) is 37.1 Å². The van der Waals surface area contributed by atoms with E-state index in [-0.39, 0.29) is 0 Å². The lowest BCUT2D eigenvalue weighted by Gasteiger charge is -2.24. The van der Waals surface area contributed by atoms with E-state index in [0.717, 1.165) is 25.6 Å². The van der Waals surface area contributed by atoms with Crippen LogP contribution in [0.15, 0.2) is 0 Å². The van der Waals surface area contributed by atoms with Gasteiger partial charge in [-0.2, -0.15) is 0 Å². The van der Waals surface area contributed by atoms with E-state index in [4.69, 9.17) is 6.42 Å². The second kappa shape index (κ2) is 6.93. The number of rotatable bonds is 8. The summed E-state index contributed by atoms with van der Waals surface area (Å²) in [6, 6.07) is 0.576. The summed E-state index contributed by atoms with van der Waals surface area (Å²) in [5.41, 5.74) is 0. The molecular formula is C14H26N2. The van der Waals surface area contributed by atoms with Gasteiger partial charge in [0.25, 0.3) is 0 Å². The van der Waals surface area contributed by atoms with E-state index in [2.05, 4.69) is 36.9 Å². The van der Waals surface area contributed by atoms with Crippen molar-refractivity contribution in [3.8, 4) is 12.3 Å². The van der Waals surface area contributed by atoms with Crippen LogP contribution in [0.4, 0.5) is 0 Å². The summed E-state index contributed by atoms with van der Waals surface area (Å²) >= 11 is 0. The molecule has 1 rings (SSSR count). The van der Waals surface area contributed by atoms with Crippen molar-refractivity contribution in [2.75, 3.05) is 26.2 Å². The maximum absolute atomic E-state index is 5.42. The highest BCUT2D eigenvalue weighted by atomic mass is 15.1. The molecule has 0 aromatic carbocycles. The molecule has 0 aromatic heterocycles. The van der Waals surface area contributed by atoms with Gasteiger partial charge in [-0.15, -0.1) is 6.42 Å². The Kier molecular flexibility index (Phi) is 5.87. The molecule has 0 heterocycles. The summed E-state index contributed by atoms with van der Waals surface area (Å²) in [6.45, 7) is 10.9. The topological polar surface area (TPSA) is 15.3 Å². The fraction of sp³-hybridized carbons (Fsp3) is 0.857. The number of hydrogen-bond acceptors (Lipinski definition) is 2. The van der Waals surface area contributed by atoms with Gasteiger partial charge in [0.1, 0.15) is 0 Å². The lowest BCUT2D eigenvalue weighted by Crippen LogP contribution is -2.36. The average molecular weight is 222 g/mol. The van der Waals surface area contributed by atoms with Gasteiger partial charge >= 0.3 is 0 Å². The van der Waals surface area contributed by atoms with Gasteiger partial charge in [0.15, 0.2) is 0 Å². The fourth-order valence-electron chi connectivity index (χ4n) is 1.94. The molecule has 0 aromatic rings. The zero-order valence-corrected chi connectivity index (χ0v) is 11.0. The van der Waals surface area contributed by atoms with E-state index in [0.29, 0.717) is 12.0 Å². The highest BCUT2D eigenvalue weighted by Crippen LogP contribution is 2.29. The Balaban J connectivity index is 2.20. The molecule has 0 bridgehead atoms. The molecule has 0 saturated heterocycles. The van der Waals surface area contributed by atoms with E-state index in [1.807, 2.05) is 0 Å². The summed E-state index contributed by atoms with van der Waals surface area (Å²) in [6.07, 6.45) is 8.22. The minimum Gasteiger partial charge on any atom is -0.314 e. The van der Waals surface area contributed by atoms with Crippen molar-refractivity contribution in [3.63, 3.8) is 0 Å². The second-order valence-electron chi connectivity index (χ2n) is 5.51. The summed E-state index contributed by atoms with van der Waals surface area (Å²) in [5.74, 6) is 4.38. The van der Waals surface area contributed by atoms with Crippen LogP contribution in [0.1, 0.15) is 33.6 Å². The molecule has 0 amide bonds. The van der Waals surface area contributed by atoms with Crippen LogP contribution in [-0.2, 0) is 0 Å². The van der Waals surface area contributed by atoms with Crippen LogP contribution in [0, 0.1) is 24.2 Å². The predicted molar refractivity (Wildman–Crippen MR) is 70.3 cm³/mol. The Morgan fingerprint density at radius 3 is 2.56 bits per heavy atom. The van der Waals surface area contributed by atoms with Crippen molar-refractivity contribution in [1.29, 1.82) is 0 Å². The number of hydrogen-bond donors (Lipinski definition) is 1. The largest absolute Gasteiger partial charge is 0.314 e. The first-order valence-corrected chi connectivity index (χ1v) is 6.51. The summed E-state index contributed by atoms with van der Waals surface area (Å²) in [7, 11) is 0. The third-order valence-electron chi connectivity index (χ3n) is 2.97. The molecule has 1 N–H and O–H groups in total. The molecule has 1 unspecified atom stereocenters. The molecule has 1 fully saturated rings. The van der Waals surface area contributed by atoms with Crippen molar-refractivity contribution < 1.29 is 0 Å². The summed E-state index contributed by atoms with van der Waals surface area (Å²) < 4.78 is 0. The molecule has 16 heavy (non-hydrogen) atoms. The van der Waals surface area contributed by atoms with E-state index >= 15 is 0 Å². The Morgan fingerprint density at radius 2 is 2.06 bits per heavy atom. The van der Waals surface area contributed by atoms with E-state index in [1.54, 1.807) is 0 Å². The second-order valence-corrected chi connectivity index (χ2v) is 5.51. The van der Waals surface area contributed by atoms with E-state index in [9.17, 15) is 0 Å². The monoisotopic (exact) mass is 222 g/mol. The molecule has 2 nitrogen and oxygen atoms in total. The van der Waals surface area contributed by atoms with Gasteiger partial charge in [-0.1, -0.05) is 26.7 Å².